The van der Waals surface area contributed by atoms with Crippen molar-refractivity contribution in [3.8, 4) is 0 Å². The van der Waals surface area contributed by atoms with Crippen LogP contribution >= 0.6 is 11.8 Å². The number of fused-ring (bicyclic) bond motifs is 1. The van der Waals surface area contributed by atoms with Gasteiger partial charge in [-0.05, 0) is 44.9 Å². The smallest absolute Gasteiger partial charge is 0.315 e. The summed E-state index contributed by atoms with van der Waals surface area (Å²) in [5, 5.41) is 16.1. The lowest BCUT2D eigenvalue weighted by Crippen LogP contribution is -2.41. The van der Waals surface area contributed by atoms with Crippen molar-refractivity contribution in [1.82, 2.24) is 21.5 Å². The summed E-state index contributed by atoms with van der Waals surface area (Å²) in [7, 11) is 0. The van der Waals surface area contributed by atoms with Crippen LogP contribution in [-0.2, 0) is 9.59 Å². The largest absolute Gasteiger partial charge is 0.389 e. The van der Waals surface area contributed by atoms with Crippen molar-refractivity contribution in [2.24, 2.45) is 0 Å². The molecule has 4 amide bonds. The number of rotatable bonds is 19. The van der Waals surface area contributed by atoms with Gasteiger partial charge in [0.15, 0.2) is 0 Å². The zero-order valence-electron chi connectivity index (χ0n) is 23.4. The first kappa shape index (κ1) is 32.7. The maximum absolute atomic E-state index is 12.0. The van der Waals surface area contributed by atoms with Crippen molar-refractivity contribution in [3.05, 3.63) is 48.6 Å². The highest BCUT2D eigenvalue weighted by Gasteiger charge is 2.42. The Hall–Kier alpha value is -2.52. The van der Waals surface area contributed by atoms with E-state index in [4.69, 9.17) is 0 Å². The molecule has 2 rings (SSSR count). The first-order valence-electron chi connectivity index (χ1n) is 14.6. The average Bonchev–Trinajstić information content (AvgIpc) is 3.47. The minimum absolute atomic E-state index is 0.0756. The maximum atomic E-state index is 12.0. The summed E-state index contributed by atoms with van der Waals surface area (Å²) in [5.41, 5.74) is 5.00. The Labute approximate surface area is 238 Å². The molecule has 2 aliphatic rings. The van der Waals surface area contributed by atoms with E-state index in [0.717, 1.165) is 63.5 Å². The van der Waals surface area contributed by atoms with Gasteiger partial charge in [-0.1, -0.05) is 81.2 Å². The fourth-order valence-corrected chi connectivity index (χ4v) is 6.08. The standard InChI is InChI=1S/C30H48N4O4S/c1-2-3-13-18-24(35)19-14-11-9-7-5-4-6-8-10-12-15-21-27(36)33-34-28(37)22-17-16-20-26-29-25(23-39-26)31-30(38)32-29/h4-5,8-11,14,19,24-26,29,35H,2-3,6-7,12-13,15-18,20-23H2,1H3,(H,33,36)(H,34,37)(H2,31,32,38)/b5-4-,10-8-,11-9+,19-14+/t24-,25+,26-,29-/m0/s1. The summed E-state index contributed by atoms with van der Waals surface area (Å²) in [6, 6.07) is 0.350. The number of allylic oxidation sites excluding steroid dienone is 7. The SMILES string of the molecule is CCCCC[C@H](O)/C=C/C=C/C/C=C\C/C=C\CCCC(=O)NNC(=O)CCCC[C@@H]1SC[C@H]2NC(=O)N[C@H]12. The van der Waals surface area contributed by atoms with Crippen molar-refractivity contribution in [1.29, 1.82) is 0 Å². The van der Waals surface area contributed by atoms with Gasteiger partial charge in [0.05, 0.1) is 18.2 Å². The van der Waals surface area contributed by atoms with Crippen LogP contribution in [0.3, 0.4) is 0 Å². The Kier molecular flexibility index (Phi) is 17.1. The van der Waals surface area contributed by atoms with Crippen molar-refractivity contribution in [2.75, 3.05) is 5.75 Å². The van der Waals surface area contributed by atoms with Crippen LogP contribution in [0.4, 0.5) is 4.79 Å². The molecule has 0 aromatic heterocycles. The molecule has 4 atom stereocenters. The molecule has 39 heavy (non-hydrogen) atoms. The lowest BCUT2D eigenvalue weighted by atomic mass is 10.0. The molecule has 2 fully saturated rings. The molecule has 0 radical (unpaired) electrons. The van der Waals surface area contributed by atoms with Crippen LogP contribution in [0, 0.1) is 0 Å². The molecule has 0 bridgehead atoms. The van der Waals surface area contributed by atoms with E-state index in [1.54, 1.807) is 0 Å². The summed E-state index contributed by atoms with van der Waals surface area (Å²) < 4.78 is 0. The van der Waals surface area contributed by atoms with Crippen LogP contribution in [0.5, 0.6) is 0 Å². The lowest BCUT2D eigenvalue weighted by Gasteiger charge is -2.16. The van der Waals surface area contributed by atoms with Gasteiger partial charge in [-0.3, -0.25) is 20.4 Å². The van der Waals surface area contributed by atoms with E-state index in [1.165, 1.54) is 12.8 Å². The molecule has 0 aromatic carbocycles. The molecule has 218 valence electrons. The molecule has 2 heterocycles. The maximum Gasteiger partial charge on any atom is 0.315 e. The van der Waals surface area contributed by atoms with Gasteiger partial charge in [-0.25, -0.2) is 4.79 Å². The highest BCUT2D eigenvalue weighted by atomic mass is 32.2. The van der Waals surface area contributed by atoms with Gasteiger partial charge in [0.1, 0.15) is 0 Å². The van der Waals surface area contributed by atoms with Crippen LogP contribution in [0.1, 0.15) is 90.4 Å². The van der Waals surface area contributed by atoms with E-state index >= 15 is 0 Å². The van der Waals surface area contributed by atoms with Crippen LogP contribution in [0.25, 0.3) is 0 Å². The zero-order chi connectivity index (χ0) is 28.1. The summed E-state index contributed by atoms with van der Waals surface area (Å²) in [6.07, 6.45) is 26.7. The molecule has 5 N–H and O–H groups in total. The number of carbonyl (C=O) groups is 3. The number of carbonyl (C=O) groups excluding carboxylic acids is 3. The van der Waals surface area contributed by atoms with Crippen molar-refractivity contribution in [3.63, 3.8) is 0 Å². The van der Waals surface area contributed by atoms with E-state index in [2.05, 4.69) is 58.8 Å². The van der Waals surface area contributed by atoms with Crippen LogP contribution in [0.2, 0.25) is 0 Å². The molecular weight excluding hydrogens is 512 g/mol. The first-order valence-corrected chi connectivity index (χ1v) is 15.6. The summed E-state index contributed by atoms with van der Waals surface area (Å²) in [4.78, 5) is 35.3. The van der Waals surface area contributed by atoms with Gasteiger partial charge in [-0.2, -0.15) is 11.8 Å². The second-order valence-electron chi connectivity index (χ2n) is 10.1. The Bertz CT molecular complexity index is 858. The molecule has 2 aliphatic heterocycles. The monoisotopic (exact) mass is 560 g/mol. The Morgan fingerprint density at radius 2 is 1.67 bits per heavy atom. The third-order valence-electron chi connectivity index (χ3n) is 6.76. The number of hydrazine groups is 1. The second kappa shape index (κ2) is 20.4. The lowest BCUT2D eigenvalue weighted by molar-refractivity contribution is -0.129. The van der Waals surface area contributed by atoms with Gasteiger partial charge in [-0.15, -0.1) is 0 Å². The molecule has 9 heteroatoms. The topological polar surface area (TPSA) is 120 Å². The minimum Gasteiger partial charge on any atom is -0.389 e. The fourth-order valence-electron chi connectivity index (χ4n) is 4.53. The van der Waals surface area contributed by atoms with Crippen molar-refractivity contribution in [2.45, 2.75) is 114 Å². The van der Waals surface area contributed by atoms with Crippen LogP contribution in [0.15, 0.2) is 48.6 Å². The molecular formula is C30H48N4O4S. The van der Waals surface area contributed by atoms with E-state index in [9.17, 15) is 19.5 Å². The molecule has 2 saturated heterocycles. The number of aliphatic hydroxyl groups excluding tert-OH is 1. The normalized spacial score (nSPS) is 21.6. The Balaban J connectivity index is 1.39. The number of nitrogens with one attached hydrogen (secondary N) is 4. The molecule has 0 aromatic rings. The highest BCUT2D eigenvalue weighted by molar-refractivity contribution is 8.00. The quantitative estimate of drug-likeness (QED) is 0.0502. The van der Waals surface area contributed by atoms with Gasteiger partial charge >= 0.3 is 6.03 Å². The number of aliphatic hydroxyl groups is 1. The van der Waals surface area contributed by atoms with E-state index < -0.39 is 0 Å². The minimum atomic E-state index is -0.348. The predicted octanol–water partition coefficient (Wildman–Crippen LogP) is 4.98. The van der Waals surface area contributed by atoms with E-state index in [0.29, 0.717) is 18.1 Å². The zero-order valence-corrected chi connectivity index (χ0v) is 24.2. The summed E-state index contributed by atoms with van der Waals surface area (Å²) >= 11 is 1.88. The van der Waals surface area contributed by atoms with Crippen LogP contribution in [-0.4, -0.2) is 52.1 Å². The molecule has 0 unspecified atom stereocenters. The van der Waals surface area contributed by atoms with Gasteiger partial charge in [0, 0.05) is 23.8 Å². The van der Waals surface area contributed by atoms with E-state index in [1.807, 2.05) is 30.0 Å². The Morgan fingerprint density at radius 3 is 2.44 bits per heavy atom. The van der Waals surface area contributed by atoms with Crippen molar-refractivity contribution < 1.29 is 19.5 Å². The number of hydrogen-bond acceptors (Lipinski definition) is 5. The van der Waals surface area contributed by atoms with Gasteiger partial charge in [0.2, 0.25) is 11.8 Å². The van der Waals surface area contributed by atoms with Crippen LogP contribution < -0.4 is 21.5 Å². The summed E-state index contributed by atoms with van der Waals surface area (Å²) in [6.45, 7) is 2.16. The predicted molar refractivity (Wildman–Crippen MR) is 160 cm³/mol. The van der Waals surface area contributed by atoms with E-state index in [-0.39, 0.29) is 36.0 Å². The molecule has 0 spiro atoms. The number of amides is 4. The number of urea groups is 1. The third kappa shape index (κ3) is 15.0. The van der Waals surface area contributed by atoms with Crippen molar-refractivity contribution >= 4 is 29.6 Å². The average molecular weight is 561 g/mol. The second-order valence-corrected chi connectivity index (χ2v) is 11.4. The number of unbranched alkanes of at least 4 members (excludes halogenated alkanes) is 4. The molecule has 8 nitrogen and oxygen atoms in total. The Morgan fingerprint density at radius 1 is 0.949 bits per heavy atom. The van der Waals surface area contributed by atoms with Gasteiger partial charge in [0.25, 0.3) is 0 Å². The molecule has 0 aliphatic carbocycles. The fraction of sp³-hybridized carbons (Fsp3) is 0.633. The number of hydrogen-bond donors (Lipinski definition) is 5. The molecule has 0 saturated carbocycles. The highest BCUT2D eigenvalue weighted by Crippen LogP contribution is 2.33. The number of thioether (sulfide) groups is 1. The van der Waals surface area contributed by atoms with Gasteiger partial charge < -0.3 is 15.7 Å². The summed E-state index contributed by atoms with van der Waals surface area (Å²) in [5.74, 6) is 0.591. The first-order chi connectivity index (χ1) is 19.0. The third-order valence-corrected chi connectivity index (χ3v) is 8.27.